The van der Waals surface area contributed by atoms with Crippen LogP contribution in [0.2, 0.25) is 0 Å². The van der Waals surface area contributed by atoms with Crippen molar-refractivity contribution in [1.82, 2.24) is 5.32 Å². The standard InChI is InChI=1S/C15H18BrNS/c1-2-7-17-9-14-15(10-3-4-10)12-8-11(16)5-6-13(12)18-14/h5-6,8,10,17H,2-4,7,9H2,1H3. The van der Waals surface area contributed by atoms with Crippen molar-refractivity contribution in [3.63, 3.8) is 0 Å². The van der Waals surface area contributed by atoms with Gasteiger partial charge >= 0.3 is 0 Å². The van der Waals surface area contributed by atoms with E-state index in [4.69, 9.17) is 0 Å². The first kappa shape index (κ1) is 12.6. The lowest BCUT2D eigenvalue weighted by molar-refractivity contribution is 0.678. The zero-order chi connectivity index (χ0) is 12.5. The first-order valence-corrected chi connectivity index (χ1v) is 8.32. The number of hydrogen-bond donors (Lipinski definition) is 1. The van der Waals surface area contributed by atoms with Crippen LogP contribution < -0.4 is 5.32 Å². The fourth-order valence-corrected chi connectivity index (χ4v) is 4.07. The summed E-state index contributed by atoms with van der Waals surface area (Å²) in [7, 11) is 0. The van der Waals surface area contributed by atoms with Crippen LogP contribution in [0, 0.1) is 0 Å². The molecule has 0 radical (unpaired) electrons. The summed E-state index contributed by atoms with van der Waals surface area (Å²) in [6.07, 6.45) is 3.95. The molecule has 1 aromatic carbocycles. The van der Waals surface area contributed by atoms with Gasteiger partial charge < -0.3 is 5.32 Å². The summed E-state index contributed by atoms with van der Waals surface area (Å²) in [4.78, 5) is 1.55. The van der Waals surface area contributed by atoms with Gasteiger partial charge in [0.2, 0.25) is 0 Å². The minimum atomic E-state index is 0.825. The van der Waals surface area contributed by atoms with Gasteiger partial charge in [0, 0.05) is 20.6 Å². The Hall–Kier alpha value is -0.380. The molecule has 1 saturated carbocycles. The van der Waals surface area contributed by atoms with Gasteiger partial charge in [-0.05, 0) is 60.9 Å². The molecule has 0 saturated heterocycles. The van der Waals surface area contributed by atoms with Gasteiger partial charge in [-0.25, -0.2) is 0 Å². The quantitative estimate of drug-likeness (QED) is 0.760. The third kappa shape index (κ3) is 2.49. The first-order chi connectivity index (χ1) is 8.79. The Labute approximate surface area is 121 Å². The zero-order valence-electron chi connectivity index (χ0n) is 10.6. The van der Waals surface area contributed by atoms with Crippen molar-refractivity contribution in [1.29, 1.82) is 0 Å². The van der Waals surface area contributed by atoms with Crippen LogP contribution in [0.4, 0.5) is 0 Å². The molecule has 1 heterocycles. The van der Waals surface area contributed by atoms with Crippen LogP contribution >= 0.6 is 27.3 Å². The van der Waals surface area contributed by atoms with E-state index in [1.54, 1.807) is 10.4 Å². The number of fused-ring (bicyclic) bond motifs is 1. The van der Waals surface area contributed by atoms with Crippen molar-refractivity contribution in [3.8, 4) is 0 Å². The number of hydrogen-bond acceptors (Lipinski definition) is 2. The van der Waals surface area contributed by atoms with E-state index in [9.17, 15) is 0 Å². The van der Waals surface area contributed by atoms with Crippen molar-refractivity contribution < 1.29 is 0 Å². The molecule has 0 atom stereocenters. The third-order valence-electron chi connectivity index (χ3n) is 3.46. The van der Waals surface area contributed by atoms with Gasteiger partial charge in [-0.15, -0.1) is 11.3 Å². The molecule has 96 valence electrons. The summed E-state index contributed by atoms with van der Waals surface area (Å²) >= 11 is 5.57. The van der Waals surface area contributed by atoms with E-state index in [1.165, 1.54) is 33.8 Å². The van der Waals surface area contributed by atoms with Crippen LogP contribution in [0.1, 0.15) is 42.5 Å². The number of halogens is 1. The third-order valence-corrected chi connectivity index (χ3v) is 5.14. The maximum absolute atomic E-state index is 3.60. The topological polar surface area (TPSA) is 12.0 Å². The molecule has 0 spiro atoms. The average molecular weight is 324 g/mol. The molecule has 0 unspecified atom stereocenters. The highest BCUT2D eigenvalue weighted by Crippen LogP contribution is 2.48. The Morgan fingerprint density at radius 1 is 1.39 bits per heavy atom. The van der Waals surface area contributed by atoms with E-state index in [0.717, 1.165) is 19.0 Å². The highest BCUT2D eigenvalue weighted by Gasteiger charge is 2.29. The van der Waals surface area contributed by atoms with E-state index < -0.39 is 0 Å². The van der Waals surface area contributed by atoms with Gasteiger partial charge in [0.05, 0.1) is 0 Å². The molecule has 18 heavy (non-hydrogen) atoms. The van der Waals surface area contributed by atoms with Crippen molar-refractivity contribution in [3.05, 3.63) is 33.1 Å². The largest absolute Gasteiger partial charge is 0.312 e. The molecule has 2 aromatic rings. The monoisotopic (exact) mass is 323 g/mol. The van der Waals surface area contributed by atoms with E-state index in [-0.39, 0.29) is 0 Å². The number of nitrogens with one attached hydrogen (secondary N) is 1. The molecule has 1 aromatic heterocycles. The summed E-state index contributed by atoms with van der Waals surface area (Å²) in [6, 6.07) is 6.70. The van der Waals surface area contributed by atoms with Crippen molar-refractivity contribution in [2.45, 2.75) is 38.6 Å². The van der Waals surface area contributed by atoms with Gasteiger partial charge in [-0.3, -0.25) is 0 Å². The Bertz CT molecular complexity index is 557. The Morgan fingerprint density at radius 3 is 2.94 bits per heavy atom. The minimum absolute atomic E-state index is 0.825. The number of benzene rings is 1. The molecular weight excluding hydrogens is 306 g/mol. The molecule has 1 fully saturated rings. The molecule has 0 bridgehead atoms. The normalized spacial score (nSPS) is 15.4. The molecule has 0 amide bonds. The summed E-state index contributed by atoms with van der Waals surface area (Å²) < 4.78 is 2.64. The van der Waals surface area contributed by atoms with Crippen LogP contribution in [-0.2, 0) is 6.54 Å². The molecular formula is C15H18BrNS. The molecule has 1 aliphatic rings. The molecule has 3 heteroatoms. The average Bonchev–Trinajstić information content (AvgIpc) is 3.12. The van der Waals surface area contributed by atoms with Crippen molar-refractivity contribution in [2.75, 3.05) is 6.54 Å². The van der Waals surface area contributed by atoms with E-state index in [2.05, 4.69) is 46.4 Å². The van der Waals surface area contributed by atoms with Crippen molar-refractivity contribution >= 4 is 37.4 Å². The molecule has 1 N–H and O–H groups in total. The lowest BCUT2D eigenvalue weighted by atomic mass is 10.1. The second-order valence-corrected chi connectivity index (χ2v) is 7.08. The Morgan fingerprint density at radius 2 is 2.22 bits per heavy atom. The number of rotatable bonds is 5. The summed E-state index contributed by atoms with van der Waals surface area (Å²) in [5, 5.41) is 5.03. The fraction of sp³-hybridized carbons (Fsp3) is 0.467. The van der Waals surface area contributed by atoms with Crippen LogP contribution in [-0.4, -0.2) is 6.54 Å². The number of thiophene rings is 1. The van der Waals surface area contributed by atoms with Gasteiger partial charge in [0.25, 0.3) is 0 Å². The molecule has 3 rings (SSSR count). The lowest BCUT2D eigenvalue weighted by Crippen LogP contribution is -2.13. The second-order valence-electron chi connectivity index (χ2n) is 5.03. The van der Waals surface area contributed by atoms with Crippen LogP contribution in [0.5, 0.6) is 0 Å². The molecule has 0 aliphatic heterocycles. The predicted molar refractivity (Wildman–Crippen MR) is 83.5 cm³/mol. The van der Waals surface area contributed by atoms with E-state index in [0.29, 0.717) is 0 Å². The van der Waals surface area contributed by atoms with Gasteiger partial charge in [-0.1, -0.05) is 22.9 Å². The van der Waals surface area contributed by atoms with Crippen LogP contribution in [0.25, 0.3) is 10.1 Å². The maximum Gasteiger partial charge on any atom is 0.0349 e. The zero-order valence-corrected chi connectivity index (χ0v) is 13.0. The van der Waals surface area contributed by atoms with E-state index >= 15 is 0 Å². The minimum Gasteiger partial charge on any atom is -0.312 e. The Kier molecular flexibility index (Phi) is 3.73. The fourth-order valence-electron chi connectivity index (χ4n) is 2.47. The van der Waals surface area contributed by atoms with Gasteiger partial charge in [0.15, 0.2) is 0 Å². The highest BCUT2D eigenvalue weighted by atomic mass is 79.9. The summed E-state index contributed by atoms with van der Waals surface area (Å²) in [6.45, 7) is 4.37. The second kappa shape index (κ2) is 5.32. The molecule has 1 nitrogen and oxygen atoms in total. The SMILES string of the molecule is CCCNCc1sc2ccc(Br)cc2c1C1CC1. The predicted octanol–water partition coefficient (Wildman–Crippen LogP) is 5.04. The lowest BCUT2D eigenvalue weighted by Gasteiger charge is -2.04. The summed E-state index contributed by atoms with van der Waals surface area (Å²) in [5.41, 5.74) is 1.62. The smallest absolute Gasteiger partial charge is 0.0349 e. The van der Waals surface area contributed by atoms with Crippen molar-refractivity contribution in [2.24, 2.45) is 0 Å². The highest BCUT2D eigenvalue weighted by molar-refractivity contribution is 9.10. The maximum atomic E-state index is 3.60. The van der Waals surface area contributed by atoms with Crippen LogP contribution in [0.15, 0.2) is 22.7 Å². The first-order valence-electron chi connectivity index (χ1n) is 6.71. The summed E-state index contributed by atoms with van der Waals surface area (Å²) in [5.74, 6) is 0.825. The van der Waals surface area contributed by atoms with E-state index in [1.807, 2.05) is 11.3 Å². The van der Waals surface area contributed by atoms with Gasteiger partial charge in [-0.2, -0.15) is 0 Å². The Balaban J connectivity index is 1.98. The molecule has 1 aliphatic carbocycles. The van der Waals surface area contributed by atoms with Crippen LogP contribution in [0.3, 0.4) is 0 Å². The van der Waals surface area contributed by atoms with Gasteiger partial charge in [0.1, 0.15) is 0 Å².